The maximum absolute atomic E-state index is 11.6. The monoisotopic (exact) mass is 275 g/mol. The van der Waals surface area contributed by atoms with Crippen LogP contribution in [0.5, 0.6) is 0 Å². The van der Waals surface area contributed by atoms with Crippen LogP contribution in [0, 0.1) is 10.1 Å². The Kier molecular flexibility index (Phi) is 3.84. The third-order valence-corrected chi connectivity index (χ3v) is 2.23. The van der Waals surface area contributed by atoms with E-state index in [0.717, 1.165) is 0 Å². The third kappa shape index (κ3) is 2.79. The topological polar surface area (TPSA) is 79.2 Å². The SMILES string of the molecule is CN(CCBr)C(=O)c1cc([N+](=O)[O-])c[nH]1. The lowest BCUT2D eigenvalue weighted by molar-refractivity contribution is -0.384. The number of aromatic amines is 1. The van der Waals surface area contributed by atoms with E-state index in [1.165, 1.54) is 17.2 Å². The number of halogens is 1. The molecule has 6 nitrogen and oxygen atoms in total. The van der Waals surface area contributed by atoms with Crippen LogP contribution in [0.2, 0.25) is 0 Å². The fraction of sp³-hybridized carbons (Fsp3) is 0.375. The minimum atomic E-state index is -0.544. The van der Waals surface area contributed by atoms with E-state index in [2.05, 4.69) is 20.9 Å². The molecule has 7 heteroatoms. The Balaban J connectivity index is 2.78. The number of nitrogens with one attached hydrogen (secondary N) is 1. The molecule has 0 radical (unpaired) electrons. The van der Waals surface area contributed by atoms with E-state index in [4.69, 9.17) is 0 Å². The van der Waals surface area contributed by atoms with Crippen LogP contribution in [0.1, 0.15) is 10.5 Å². The first-order valence-corrected chi connectivity index (χ1v) is 5.32. The zero-order valence-corrected chi connectivity index (χ0v) is 9.65. The van der Waals surface area contributed by atoms with Crippen molar-refractivity contribution in [2.45, 2.75) is 0 Å². The fourth-order valence-electron chi connectivity index (χ4n) is 1.05. The number of carbonyl (C=O) groups is 1. The highest BCUT2D eigenvalue weighted by Crippen LogP contribution is 2.13. The molecule has 0 bridgehead atoms. The van der Waals surface area contributed by atoms with E-state index in [1.807, 2.05) is 0 Å². The molecule has 0 aliphatic rings. The molecular formula is C8H10BrN3O3. The summed E-state index contributed by atoms with van der Waals surface area (Å²) in [5.41, 5.74) is 0.121. The van der Waals surface area contributed by atoms with E-state index in [-0.39, 0.29) is 17.3 Å². The summed E-state index contributed by atoms with van der Waals surface area (Å²) in [6, 6.07) is 1.23. The number of H-pyrrole nitrogens is 1. The van der Waals surface area contributed by atoms with E-state index in [9.17, 15) is 14.9 Å². The molecule has 15 heavy (non-hydrogen) atoms. The van der Waals surface area contributed by atoms with E-state index in [1.54, 1.807) is 7.05 Å². The maximum Gasteiger partial charge on any atom is 0.287 e. The highest BCUT2D eigenvalue weighted by Gasteiger charge is 2.16. The summed E-state index contributed by atoms with van der Waals surface area (Å²) >= 11 is 3.21. The average Bonchev–Trinajstić information content (AvgIpc) is 2.65. The first-order valence-electron chi connectivity index (χ1n) is 4.20. The smallest absolute Gasteiger partial charge is 0.287 e. The molecule has 0 saturated carbocycles. The van der Waals surface area contributed by atoms with Gasteiger partial charge in [-0.2, -0.15) is 0 Å². The number of hydrogen-bond donors (Lipinski definition) is 1. The summed E-state index contributed by atoms with van der Waals surface area (Å²) < 4.78 is 0. The zero-order valence-electron chi connectivity index (χ0n) is 8.07. The third-order valence-electron chi connectivity index (χ3n) is 1.88. The summed E-state index contributed by atoms with van der Waals surface area (Å²) in [6.07, 6.45) is 1.20. The maximum atomic E-state index is 11.6. The molecule has 1 aromatic heterocycles. The van der Waals surface area contributed by atoms with Crippen LogP contribution in [0.15, 0.2) is 12.3 Å². The van der Waals surface area contributed by atoms with E-state index in [0.29, 0.717) is 11.9 Å². The molecule has 0 atom stereocenters. The van der Waals surface area contributed by atoms with Crippen molar-refractivity contribution in [3.63, 3.8) is 0 Å². The number of hydrogen-bond acceptors (Lipinski definition) is 3. The molecule has 1 N–H and O–H groups in total. The van der Waals surface area contributed by atoms with Gasteiger partial charge in [-0.25, -0.2) is 0 Å². The Bertz CT molecular complexity index is 377. The first-order chi connectivity index (χ1) is 7.06. The number of nitro groups is 1. The molecule has 1 rings (SSSR count). The molecule has 0 fully saturated rings. The summed E-state index contributed by atoms with van der Waals surface area (Å²) in [5.74, 6) is -0.262. The normalized spacial score (nSPS) is 10.0. The number of nitrogens with zero attached hydrogens (tertiary/aromatic N) is 2. The first kappa shape index (κ1) is 11.7. The summed E-state index contributed by atoms with van der Waals surface area (Å²) in [6.45, 7) is 0.547. The largest absolute Gasteiger partial charge is 0.351 e. The van der Waals surface area contributed by atoms with Crippen molar-refractivity contribution in [3.8, 4) is 0 Å². The van der Waals surface area contributed by atoms with Gasteiger partial charge in [0.2, 0.25) is 0 Å². The number of amides is 1. The summed E-state index contributed by atoms with van der Waals surface area (Å²) in [4.78, 5) is 25.5. The highest BCUT2D eigenvalue weighted by molar-refractivity contribution is 9.09. The Morgan fingerprint density at radius 2 is 2.40 bits per heavy atom. The van der Waals surface area contributed by atoms with Crippen molar-refractivity contribution in [3.05, 3.63) is 28.1 Å². The van der Waals surface area contributed by atoms with Crippen LogP contribution in [0.4, 0.5) is 5.69 Å². The van der Waals surface area contributed by atoms with Crippen molar-refractivity contribution in [1.29, 1.82) is 0 Å². The quantitative estimate of drug-likeness (QED) is 0.512. The molecule has 0 spiro atoms. The van der Waals surface area contributed by atoms with Crippen LogP contribution in [0.3, 0.4) is 0 Å². The minimum Gasteiger partial charge on any atom is -0.351 e. The van der Waals surface area contributed by atoms with E-state index < -0.39 is 4.92 Å². The molecule has 0 aliphatic heterocycles. The molecule has 82 valence electrons. The molecular weight excluding hydrogens is 266 g/mol. The van der Waals surface area contributed by atoms with Crippen LogP contribution >= 0.6 is 15.9 Å². The van der Waals surface area contributed by atoms with Crippen molar-refractivity contribution in [2.75, 3.05) is 18.9 Å². The second-order valence-electron chi connectivity index (χ2n) is 2.94. The Morgan fingerprint density at radius 1 is 1.73 bits per heavy atom. The van der Waals surface area contributed by atoms with Gasteiger partial charge in [0.1, 0.15) is 5.69 Å². The van der Waals surface area contributed by atoms with Gasteiger partial charge in [0.25, 0.3) is 11.6 Å². The van der Waals surface area contributed by atoms with Crippen LogP contribution in [-0.4, -0.2) is 39.6 Å². The molecule has 1 amide bonds. The van der Waals surface area contributed by atoms with Gasteiger partial charge in [0, 0.05) is 25.0 Å². The second-order valence-corrected chi connectivity index (χ2v) is 3.74. The zero-order chi connectivity index (χ0) is 11.4. The second kappa shape index (κ2) is 4.92. The van der Waals surface area contributed by atoms with Gasteiger partial charge in [-0.3, -0.25) is 14.9 Å². The fourth-order valence-corrected chi connectivity index (χ4v) is 1.58. The minimum absolute atomic E-state index is 0.106. The Morgan fingerprint density at radius 3 is 2.87 bits per heavy atom. The van der Waals surface area contributed by atoms with Gasteiger partial charge in [0.05, 0.1) is 11.1 Å². The van der Waals surface area contributed by atoms with Crippen LogP contribution in [-0.2, 0) is 0 Å². The molecule has 0 unspecified atom stereocenters. The number of rotatable bonds is 4. The van der Waals surface area contributed by atoms with E-state index >= 15 is 0 Å². The van der Waals surface area contributed by atoms with Gasteiger partial charge >= 0.3 is 0 Å². The predicted molar refractivity (Wildman–Crippen MR) is 58.2 cm³/mol. The standard InChI is InChI=1S/C8H10BrN3O3/c1-11(3-2-9)8(13)7-4-6(5-10-7)12(14)15/h4-5,10H,2-3H2,1H3. The number of aromatic nitrogens is 1. The molecule has 1 heterocycles. The van der Waals surface area contributed by atoms with Crippen LogP contribution in [0.25, 0.3) is 0 Å². The summed E-state index contributed by atoms with van der Waals surface area (Å²) in [7, 11) is 1.64. The highest BCUT2D eigenvalue weighted by atomic mass is 79.9. The van der Waals surface area contributed by atoms with Crippen molar-refractivity contribution in [1.82, 2.24) is 9.88 Å². The lowest BCUT2D eigenvalue weighted by Crippen LogP contribution is -2.28. The Hall–Kier alpha value is -1.37. The molecule has 1 aromatic rings. The molecule has 0 aromatic carbocycles. The average molecular weight is 276 g/mol. The van der Waals surface area contributed by atoms with Gasteiger partial charge in [-0.05, 0) is 0 Å². The van der Waals surface area contributed by atoms with Crippen molar-refractivity contribution in [2.24, 2.45) is 0 Å². The van der Waals surface area contributed by atoms with Gasteiger partial charge < -0.3 is 9.88 Å². The molecule has 0 aliphatic carbocycles. The summed E-state index contributed by atoms with van der Waals surface area (Å²) in [5, 5.41) is 11.1. The predicted octanol–water partition coefficient (Wildman–Crippen LogP) is 1.39. The molecule has 0 saturated heterocycles. The Labute approximate surface area is 94.5 Å². The van der Waals surface area contributed by atoms with Crippen LogP contribution < -0.4 is 0 Å². The van der Waals surface area contributed by atoms with Crippen molar-refractivity contribution < 1.29 is 9.72 Å². The van der Waals surface area contributed by atoms with Gasteiger partial charge in [0.15, 0.2) is 0 Å². The van der Waals surface area contributed by atoms with Gasteiger partial charge in [-0.15, -0.1) is 0 Å². The number of alkyl halides is 1. The lowest BCUT2D eigenvalue weighted by atomic mass is 10.3. The lowest BCUT2D eigenvalue weighted by Gasteiger charge is -2.13. The van der Waals surface area contributed by atoms with Crippen molar-refractivity contribution >= 4 is 27.5 Å². The number of carbonyl (C=O) groups excluding carboxylic acids is 1. The van der Waals surface area contributed by atoms with Gasteiger partial charge in [-0.1, -0.05) is 15.9 Å².